The van der Waals surface area contributed by atoms with Crippen molar-refractivity contribution in [3.63, 3.8) is 0 Å². The van der Waals surface area contributed by atoms with E-state index in [2.05, 4.69) is 20.5 Å². The Bertz CT molecular complexity index is 741. The molecule has 1 N–H and O–H groups in total. The van der Waals surface area contributed by atoms with Crippen LogP contribution in [0.25, 0.3) is 0 Å². The zero-order valence-corrected chi connectivity index (χ0v) is 13.2. The van der Waals surface area contributed by atoms with Crippen molar-refractivity contribution < 1.29 is 18.8 Å². The molecule has 0 amide bonds. The van der Waals surface area contributed by atoms with Crippen molar-refractivity contribution in [3.8, 4) is 5.75 Å². The molecule has 0 heterocycles. The van der Waals surface area contributed by atoms with Gasteiger partial charge in [0.1, 0.15) is 18.7 Å². The summed E-state index contributed by atoms with van der Waals surface area (Å²) in [5.41, 5.74) is 3.72. The van der Waals surface area contributed by atoms with Crippen LogP contribution in [0.15, 0.2) is 58.8 Å². The molecule has 0 saturated carbocycles. The number of hydrazone groups is 1. The average molecular weight is 329 g/mol. The fourth-order valence-corrected chi connectivity index (χ4v) is 1.78. The molecule has 6 nitrogen and oxygen atoms in total. The molecular weight excluding hydrogens is 313 g/mol. The van der Waals surface area contributed by atoms with Crippen molar-refractivity contribution in [1.82, 2.24) is 0 Å². The van der Waals surface area contributed by atoms with Crippen LogP contribution in [0.5, 0.6) is 5.75 Å². The van der Waals surface area contributed by atoms with Crippen LogP contribution >= 0.6 is 0 Å². The average Bonchev–Trinajstić information content (AvgIpc) is 2.62. The lowest BCUT2D eigenvalue weighted by Gasteiger charge is -2.05. The van der Waals surface area contributed by atoms with Crippen molar-refractivity contribution in [2.75, 3.05) is 19.6 Å². The third-order valence-electron chi connectivity index (χ3n) is 3.01. The van der Waals surface area contributed by atoms with Crippen LogP contribution in [0.4, 0.5) is 10.1 Å². The summed E-state index contributed by atoms with van der Waals surface area (Å²) >= 11 is 0. The lowest BCUT2D eigenvalue weighted by Crippen LogP contribution is -2.18. The maximum Gasteiger partial charge on any atom is 0.214 e. The van der Waals surface area contributed by atoms with E-state index in [1.807, 2.05) is 0 Å². The standard InChI is InChI=1S/C17H16FN3O3/c1-23-15-9-7-14(8-10-15)20-21-16(11-19-24-2)17(22)12-3-5-13(18)6-4-12/h3-11,20H,1-2H3/b19-11-,21-16+. The molecule has 0 unspecified atom stereocenters. The third-order valence-corrected chi connectivity index (χ3v) is 3.01. The molecule has 0 spiro atoms. The van der Waals surface area contributed by atoms with Gasteiger partial charge in [0.2, 0.25) is 5.78 Å². The van der Waals surface area contributed by atoms with Gasteiger partial charge in [0, 0.05) is 5.56 Å². The van der Waals surface area contributed by atoms with Crippen LogP contribution in [0.3, 0.4) is 0 Å². The number of halogens is 1. The van der Waals surface area contributed by atoms with Crippen LogP contribution in [-0.2, 0) is 4.84 Å². The van der Waals surface area contributed by atoms with Crippen molar-refractivity contribution >= 4 is 23.4 Å². The Morgan fingerprint density at radius 1 is 1.08 bits per heavy atom. The number of benzene rings is 2. The summed E-state index contributed by atoms with van der Waals surface area (Å²) in [4.78, 5) is 17.0. The highest BCUT2D eigenvalue weighted by Crippen LogP contribution is 2.15. The van der Waals surface area contributed by atoms with Gasteiger partial charge >= 0.3 is 0 Å². The van der Waals surface area contributed by atoms with Crippen molar-refractivity contribution in [2.45, 2.75) is 0 Å². The number of carbonyl (C=O) groups is 1. The second kappa shape index (κ2) is 8.42. The molecule has 2 aromatic rings. The third kappa shape index (κ3) is 4.64. The summed E-state index contributed by atoms with van der Waals surface area (Å²) in [6.45, 7) is 0. The highest BCUT2D eigenvalue weighted by molar-refractivity contribution is 6.64. The number of nitrogens with one attached hydrogen (secondary N) is 1. The molecule has 0 saturated heterocycles. The normalized spacial score (nSPS) is 11.4. The first-order valence-electron chi connectivity index (χ1n) is 6.98. The summed E-state index contributed by atoms with van der Waals surface area (Å²) < 4.78 is 18.0. The highest BCUT2D eigenvalue weighted by Gasteiger charge is 2.13. The van der Waals surface area contributed by atoms with Gasteiger partial charge in [-0.15, -0.1) is 0 Å². The van der Waals surface area contributed by atoms with E-state index in [1.54, 1.807) is 31.4 Å². The summed E-state index contributed by atoms with van der Waals surface area (Å²) in [6, 6.07) is 12.2. The van der Waals surface area contributed by atoms with E-state index in [-0.39, 0.29) is 11.3 Å². The van der Waals surface area contributed by atoms with Gasteiger partial charge in [0.25, 0.3) is 0 Å². The Balaban J connectivity index is 2.21. The summed E-state index contributed by atoms with van der Waals surface area (Å²) in [5.74, 6) is -0.142. The van der Waals surface area contributed by atoms with Gasteiger partial charge in [-0.2, -0.15) is 5.10 Å². The Morgan fingerprint density at radius 3 is 2.33 bits per heavy atom. The van der Waals surface area contributed by atoms with Gasteiger partial charge in [-0.25, -0.2) is 4.39 Å². The predicted molar refractivity (Wildman–Crippen MR) is 90.3 cm³/mol. The minimum Gasteiger partial charge on any atom is -0.497 e. The van der Waals surface area contributed by atoms with E-state index in [9.17, 15) is 9.18 Å². The fraction of sp³-hybridized carbons (Fsp3) is 0.118. The maximum atomic E-state index is 13.0. The molecule has 7 heteroatoms. The summed E-state index contributed by atoms with van der Waals surface area (Å²) in [6.07, 6.45) is 1.18. The Morgan fingerprint density at radius 2 is 1.75 bits per heavy atom. The minimum atomic E-state index is -0.424. The molecule has 0 fully saturated rings. The van der Waals surface area contributed by atoms with E-state index < -0.39 is 11.6 Å². The number of ether oxygens (including phenoxy) is 1. The van der Waals surface area contributed by atoms with Crippen LogP contribution in [0.1, 0.15) is 10.4 Å². The predicted octanol–water partition coefficient (Wildman–Crippen LogP) is 3.12. The Labute approximate surface area is 138 Å². The molecule has 24 heavy (non-hydrogen) atoms. The van der Waals surface area contributed by atoms with Gasteiger partial charge in [-0.1, -0.05) is 5.16 Å². The van der Waals surface area contributed by atoms with Gasteiger partial charge in [-0.05, 0) is 48.5 Å². The van der Waals surface area contributed by atoms with Crippen LogP contribution in [0.2, 0.25) is 0 Å². The summed E-state index contributed by atoms with van der Waals surface area (Å²) in [5, 5.41) is 7.60. The molecule has 0 atom stereocenters. The van der Waals surface area contributed by atoms with E-state index in [0.717, 1.165) is 0 Å². The number of hydrogen-bond acceptors (Lipinski definition) is 6. The van der Waals surface area contributed by atoms with Crippen LogP contribution in [-0.4, -0.2) is 31.9 Å². The lowest BCUT2D eigenvalue weighted by molar-refractivity contribution is 0.106. The van der Waals surface area contributed by atoms with Crippen LogP contribution in [0, 0.1) is 5.82 Å². The number of ketones is 1. The maximum absolute atomic E-state index is 13.0. The smallest absolute Gasteiger partial charge is 0.214 e. The van der Waals surface area contributed by atoms with E-state index in [4.69, 9.17) is 4.74 Å². The number of rotatable bonds is 7. The topological polar surface area (TPSA) is 72.3 Å². The minimum absolute atomic E-state index is 0.0132. The lowest BCUT2D eigenvalue weighted by atomic mass is 10.1. The molecule has 0 aliphatic carbocycles. The van der Waals surface area contributed by atoms with Crippen LogP contribution < -0.4 is 10.2 Å². The number of Topliss-reactive ketones (excluding diaryl/α,β-unsaturated/α-hetero) is 1. The van der Waals surface area contributed by atoms with Gasteiger partial charge in [0.15, 0.2) is 5.71 Å². The Kier molecular flexibility index (Phi) is 6.01. The second-order valence-corrected chi connectivity index (χ2v) is 4.59. The quantitative estimate of drug-likeness (QED) is 0.481. The first-order chi connectivity index (χ1) is 11.6. The SMILES string of the molecule is CO/N=C\C(=N/Nc1ccc(OC)cc1)C(=O)c1ccc(F)cc1. The number of anilines is 1. The number of oxime groups is 1. The second-order valence-electron chi connectivity index (χ2n) is 4.59. The van der Waals surface area contributed by atoms with Crippen molar-refractivity contribution in [2.24, 2.45) is 10.3 Å². The van der Waals surface area contributed by atoms with E-state index in [0.29, 0.717) is 11.4 Å². The monoisotopic (exact) mass is 329 g/mol. The van der Waals surface area contributed by atoms with E-state index >= 15 is 0 Å². The summed E-state index contributed by atoms with van der Waals surface area (Å²) in [7, 11) is 2.93. The number of carbonyl (C=O) groups excluding carboxylic acids is 1. The zero-order chi connectivity index (χ0) is 17.4. The molecule has 124 valence electrons. The number of hydrogen-bond donors (Lipinski definition) is 1. The molecule has 0 aliphatic heterocycles. The van der Waals surface area contributed by atoms with Crippen molar-refractivity contribution in [1.29, 1.82) is 0 Å². The molecule has 0 radical (unpaired) electrons. The van der Waals surface area contributed by atoms with Gasteiger partial charge in [0.05, 0.1) is 19.0 Å². The number of methoxy groups -OCH3 is 1. The molecule has 2 rings (SSSR count). The molecule has 2 aromatic carbocycles. The largest absolute Gasteiger partial charge is 0.497 e. The fourth-order valence-electron chi connectivity index (χ4n) is 1.78. The zero-order valence-electron chi connectivity index (χ0n) is 13.2. The van der Waals surface area contributed by atoms with Gasteiger partial charge < -0.3 is 9.57 Å². The molecule has 0 aromatic heterocycles. The Hall–Kier alpha value is -3.22. The van der Waals surface area contributed by atoms with E-state index in [1.165, 1.54) is 37.6 Å². The molecule has 0 bridgehead atoms. The van der Waals surface area contributed by atoms with Gasteiger partial charge in [-0.3, -0.25) is 10.2 Å². The first-order valence-corrected chi connectivity index (χ1v) is 6.98. The van der Waals surface area contributed by atoms with Crippen molar-refractivity contribution in [3.05, 3.63) is 59.9 Å². The highest BCUT2D eigenvalue weighted by atomic mass is 19.1. The molecular formula is C17H16FN3O3. The molecule has 0 aliphatic rings. The first kappa shape index (κ1) is 17.1. The number of nitrogens with zero attached hydrogens (tertiary/aromatic N) is 2.